The maximum absolute atomic E-state index is 12.5. The van der Waals surface area contributed by atoms with E-state index in [0.717, 1.165) is 10.6 Å². The molecule has 1 amide bonds. The highest BCUT2D eigenvalue weighted by atomic mass is 32.1. The number of carboxylic acids is 1. The quantitative estimate of drug-likeness (QED) is 0.473. The third-order valence-corrected chi connectivity index (χ3v) is 6.37. The van der Waals surface area contributed by atoms with Crippen LogP contribution < -0.4 is 5.32 Å². The Bertz CT molecular complexity index is 1090. The van der Waals surface area contributed by atoms with E-state index in [2.05, 4.69) is 10.7 Å². The Morgan fingerprint density at radius 3 is 2.65 bits per heavy atom. The average molecular weight is 433 g/mol. The smallest absolute Gasteiger partial charge is 0.311 e. The third kappa shape index (κ3) is 5.47. The summed E-state index contributed by atoms with van der Waals surface area (Å²) < 4.78 is 0. The highest BCUT2D eigenvalue weighted by molar-refractivity contribution is 7.10. The van der Waals surface area contributed by atoms with E-state index in [1.807, 2.05) is 36.4 Å². The number of nitrogens with zero attached hydrogens (tertiary/aromatic N) is 1. The summed E-state index contributed by atoms with van der Waals surface area (Å²) in [5.41, 5.74) is 3.39. The zero-order valence-electron chi connectivity index (χ0n) is 17.0. The minimum absolute atomic E-state index is 0.123. The highest BCUT2D eigenvalue weighted by Crippen LogP contribution is 2.36. The van der Waals surface area contributed by atoms with Gasteiger partial charge in [0.2, 0.25) is 5.91 Å². The molecule has 0 radical (unpaired) electrons. The maximum atomic E-state index is 12.5. The van der Waals surface area contributed by atoms with Crippen LogP contribution in [-0.4, -0.2) is 22.0 Å². The zero-order valence-corrected chi connectivity index (χ0v) is 17.8. The summed E-state index contributed by atoms with van der Waals surface area (Å²) in [4.78, 5) is 28.8. The molecular formula is C25H24N2O3S. The van der Waals surface area contributed by atoms with Crippen LogP contribution in [0.2, 0.25) is 0 Å². The van der Waals surface area contributed by atoms with Crippen molar-refractivity contribution in [3.05, 3.63) is 81.8 Å². The standard InChI is InChI=1S/C25H24N2O3S/c28-23(15-21(25(29)30)18-7-2-1-3-8-18)26-20-11-4-6-17(14-20)12-13-24-27-22(16-31-24)19-9-5-10-19/h1-4,6-8,11-14,16,19,21H,5,9-10,15H2,(H,26,28)(H,29,30)/b13-12+. The van der Waals surface area contributed by atoms with Crippen LogP contribution in [0.15, 0.2) is 60.0 Å². The minimum atomic E-state index is -1.01. The van der Waals surface area contributed by atoms with Crippen LogP contribution in [0.25, 0.3) is 12.2 Å². The van der Waals surface area contributed by atoms with Gasteiger partial charge in [-0.05, 0) is 42.2 Å². The van der Waals surface area contributed by atoms with Crippen LogP contribution in [0.3, 0.4) is 0 Å². The van der Waals surface area contributed by atoms with Gasteiger partial charge in [-0.25, -0.2) is 4.98 Å². The van der Waals surface area contributed by atoms with Crippen LogP contribution in [-0.2, 0) is 9.59 Å². The van der Waals surface area contributed by atoms with Gasteiger partial charge in [0.15, 0.2) is 0 Å². The second-order valence-corrected chi connectivity index (χ2v) is 8.64. The second kappa shape index (κ2) is 9.71. The molecule has 1 atom stereocenters. The van der Waals surface area contributed by atoms with E-state index >= 15 is 0 Å². The fourth-order valence-corrected chi connectivity index (χ4v) is 4.38. The monoisotopic (exact) mass is 432 g/mol. The Morgan fingerprint density at radius 2 is 1.94 bits per heavy atom. The number of benzene rings is 2. The molecule has 158 valence electrons. The van der Waals surface area contributed by atoms with Crippen molar-refractivity contribution in [2.75, 3.05) is 5.32 Å². The number of rotatable bonds is 8. The number of anilines is 1. The lowest BCUT2D eigenvalue weighted by Gasteiger charge is -2.22. The fraction of sp³-hybridized carbons (Fsp3) is 0.240. The van der Waals surface area contributed by atoms with Gasteiger partial charge in [-0.15, -0.1) is 11.3 Å². The number of nitrogens with one attached hydrogen (secondary N) is 1. The summed E-state index contributed by atoms with van der Waals surface area (Å²) >= 11 is 1.65. The molecule has 1 aliphatic carbocycles. The molecule has 1 unspecified atom stereocenters. The lowest BCUT2D eigenvalue weighted by molar-refractivity contribution is -0.140. The first-order chi connectivity index (χ1) is 15.1. The first kappa shape index (κ1) is 21.0. The normalized spacial score (nSPS) is 14.8. The van der Waals surface area contributed by atoms with Crippen LogP contribution in [0.4, 0.5) is 5.69 Å². The highest BCUT2D eigenvalue weighted by Gasteiger charge is 2.23. The van der Waals surface area contributed by atoms with Gasteiger partial charge >= 0.3 is 5.97 Å². The molecule has 1 saturated carbocycles. The Kier molecular flexibility index (Phi) is 6.57. The molecular weight excluding hydrogens is 408 g/mol. The molecule has 4 rings (SSSR count). The molecule has 0 spiro atoms. The van der Waals surface area contributed by atoms with Crippen molar-refractivity contribution in [3.63, 3.8) is 0 Å². The molecule has 2 aromatic carbocycles. The van der Waals surface area contributed by atoms with Crippen molar-refractivity contribution in [2.45, 2.75) is 37.5 Å². The minimum Gasteiger partial charge on any atom is -0.481 e. The molecule has 2 N–H and O–H groups in total. The third-order valence-electron chi connectivity index (χ3n) is 5.54. The lowest BCUT2D eigenvalue weighted by Crippen LogP contribution is -2.20. The van der Waals surface area contributed by atoms with Crippen LogP contribution in [0.5, 0.6) is 0 Å². The summed E-state index contributed by atoms with van der Waals surface area (Å²) in [6.07, 6.45) is 7.61. The Balaban J connectivity index is 1.39. The molecule has 31 heavy (non-hydrogen) atoms. The van der Waals surface area contributed by atoms with E-state index in [4.69, 9.17) is 4.98 Å². The van der Waals surface area contributed by atoms with E-state index in [9.17, 15) is 14.7 Å². The van der Waals surface area contributed by atoms with Crippen LogP contribution in [0.1, 0.15) is 59.3 Å². The molecule has 5 nitrogen and oxygen atoms in total. The molecule has 6 heteroatoms. The maximum Gasteiger partial charge on any atom is 0.311 e. The van der Waals surface area contributed by atoms with Gasteiger partial charge in [-0.2, -0.15) is 0 Å². The summed E-state index contributed by atoms with van der Waals surface area (Å²) in [5.74, 6) is -1.59. The Hall–Kier alpha value is -3.25. The summed E-state index contributed by atoms with van der Waals surface area (Å²) in [7, 11) is 0. The predicted molar refractivity (Wildman–Crippen MR) is 124 cm³/mol. The fourth-order valence-electron chi connectivity index (χ4n) is 3.59. The Morgan fingerprint density at radius 1 is 1.13 bits per heavy atom. The van der Waals surface area contributed by atoms with Crippen LogP contribution in [0, 0.1) is 0 Å². The van der Waals surface area contributed by atoms with Gasteiger partial charge in [0.25, 0.3) is 0 Å². The van der Waals surface area contributed by atoms with E-state index in [-0.39, 0.29) is 12.3 Å². The van der Waals surface area contributed by atoms with Gasteiger partial charge in [0.1, 0.15) is 5.01 Å². The van der Waals surface area contributed by atoms with Crippen molar-refractivity contribution >= 4 is 41.1 Å². The van der Waals surface area contributed by atoms with Crippen molar-refractivity contribution in [1.82, 2.24) is 4.98 Å². The summed E-state index contributed by atoms with van der Waals surface area (Å²) in [6.45, 7) is 0. The number of carbonyl (C=O) groups is 2. The molecule has 3 aromatic rings. The molecule has 0 bridgehead atoms. The van der Waals surface area contributed by atoms with Crippen molar-refractivity contribution < 1.29 is 14.7 Å². The van der Waals surface area contributed by atoms with E-state index in [1.54, 1.807) is 41.7 Å². The molecule has 0 aliphatic heterocycles. The molecule has 1 fully saturated rings. The zero-order chi connectivity index (χ0) is 21.6. The van der Waals surface area contributed by atoms with E-state index < -0.39 is 11.9 Å². The van der Waals surface area contributed by atoms with Crippen molar-refractivity contribution in [3.8, 4) is 0 Å². The number of hydrogen-bond acceptors (Lipinski definition) is 4. The van der Waals surface area contributed by atoms with Gasteiger partial charge in [0, 0.05) is 23.4 Å². The number of aromatic nitrogens is 1. The van der Waals surface area contributed by atoms with Crippen molar-refractivity contribution in [1.29, 1.82) is 0 Å². The number of amides is 1. The van der Waals surface area contributed by atoms with E-state index in [0.29, 0.717) is 17.2 Å². The number of carbonyl (C=O) groups excluding carboxylic acids is 1. The SMILES string of the molecule is O=C(CC(C(=O)O)c1ccccc1)Nc1cccc(/C=C/c2nc(C3CCC3)cs2)c1. The number of thiazole rings is 1. The van der Waals surface area contributed by atoms with Gasteiger partial charge in [0.05, 0.1) is 11.6 Å². The Labute approximate surface area is 185 Å². The summed E-state index contributed by atoms with van der Waals surface area (Å²) in [6, 6.07) is 16.3. The topological polar surface area (TPSA) is 79.3 Å². The number of carboxylic acid groups (broad SMARTS) is 1. The predicted octanol–water partition coefficient (Wildman–Crippen LogP) is 5.78. The molecule has 1 aromatic heterocycles. The van der Waals surface area contributed by atoms with Crippen molar-refractivity contribution in [2.24, 2.45) is 0 Å². The van der Waals surface area contributed by atoms with Crippen LogP contribution >= 0.6 is 11.3 Å². The van der Waals surface area contributed by atoms with E-state index in [1.165, 1.54) is 25.0 Å². The average Bonchev–Trinajstić information content (AvgIpc) is 3.18. The first-order valence-corrected chi connectivity index (χ1v) is 11.3. The molecule has 0 saturated heterocycles. The lowest BCUT2D eigenvalue weighted by atomic mass is 9.83. The van der Waals surface area contributed by atoms with Gasteiger partial charge in [-0.1, -0.05) is 55.0 Å². The number of hydrogen-bond donors (Lipinski definition) is 2. The second-order valence-electron chi connectivity index (χ2n) is 7.75. The van der Waals surface area contributed by atoms with Gasteiger partial charge < -0.3 is 10.4 Å². The first-order valence-electron chi connectivity index (χ1n) is 10.4. The molecule has 1 heterocycles. The number of aliphatic carboxylic acids is 1. The molecule has 1 aliphatic rings. The largest absolute Gasteiger partial charge is 0.481 e. The summed E-state index contributed by atoms with van der Waals surface area (Å²) in [5, 5.41) is 15.5. The van der Waals surface area contributed by atoms with Gasteiger partial charge in [-0.3, -0.25) is 9.59 Å².